The number of ketones is 2. The van der Waals surface area contributed by atoms with E-state index in [2.05, 4.69) is 0 Å². The lowest BCUT2D eigenvalue weighted by atomic mass is 9.73. The molecule has 2 aliphatic carbocycles. The molecule has 4 rings (SSSR count). The summed E-state index contributed by atoms with van der Waals surface area (Å²) < 4.78 is 11.4. The highest BCUT2D eigenvalue weighted by Crippen LogP contribution is 2.47. The fourth-order valence-electron chi connectivity index (χ4n) is 4.46. The Bertz CT molecular complexity index is 968. The van der Waals surface area contributed by atoms with E-state index in [1.165, 1.54) is 0 Å². The molecule has 0 aromatic heterocycles. The van der Waals surface area contributed by atoms with Gasteiger partial charge in [0, 0.05) is 22.3 Å². The van der Waals surface area contributed by atoms with Gasteiger partial charge in [0.1, 0.15) is 17.3 Å². The third kappa shape index (κ3) is 2.36. The molecule has 0 spiro atoms. The van der Waals surface area contributed by atoms with Gasteiger partial charge >= 0.3 is 0 Å². The van der Waals surface area contributed by atoms with Crippen LogP contribution in [-0.4, -0.2) is 25.8 Å². The highest BCUT2D eigenvalue weighted by molar-refractivity contribution is 6.17. The zero-order chi connectivity index (χ0) is 18.4. The van der Waals surface area contributed by atoms with Crippen molar-refractivity contribution in [3.05, 3.63) is 46.5 Å². The lowest BCUT2D eigenvalue weighted by molar-refractivity contribution is -0.121. The first-order chi connectivity index (χ1) is 12.6. The molecular formula is C22H22O4. The Hall–Kier alpha value is -2.62. The highest BCUT2D eigenvalue weighted by Gasteiger charge is 2.36. The van der Waals surface area contributed by atoms with Crippen LogP contribution in [0, 0.1) is 5.92 Å². The molecule has 4 heteroatoms. The van der Waals surface area contributed by atoms with Crippen LogP contribution < -0.4 is 9.47 Å². The minimum Gasteiger partial charge on any atom is -0.496 e. The molecule has 4 nitrogen and oxygen atoms in total. The molecular weight excluding hydrogens is 328 g/mol. The Kier molecular flexibility index (Phi) is 4.06. The molecule has 0 heterocycles. The zero-order valence-corrected chi connectivity index (χ0v) is 15.3. The van der Waals surface area contributed by atoms with Gasteiger partial charge in [-0.3, -0.25) is 9.59 Å². The minimum atomic E-state index is 0.0245. The average molecular weight is 350 g/mol. The number of carbonyl (C=O) groups excluding carboxylic acids is 2. The molecule has 1 atom stereocenters. The summed E-state index contributed by atoms with van der Waals surface area (Å²) in [7, 11) is 3.25. The number of carbonyl (C=O) groups is 2. The molecule has 134 valence electrons. The van der Waals surface area contributed by atoms with Crippen LogP contribution in [0.2, 0.25) is 0 Å². The van der Waals surface area contributed by atoms with Crippen LogP contribution in [0.1, 0.15) is 42.1 Å². The molecule has 0 saturated heterocycles. The number of fused-ring (bicyclic) bond motifs is 2. The van der Waals surface area contributed by atoms with Crippen molar-refractivity contribution in [1.82, 2.24) is 0 Å². The van der Waals surface area contributed by atoms with Gasteiger partial charge in [0.25, 0.3) is 0 Å². The summed E-state index contributed by atoms with van der Waals surface area (Å²) in [6, 6.07) is 7.84. The predicted molar refractivity (Wildman–Crippen MR) is 100 cm³/mol. The van der Waals surface area contributed by atoms with Crippen molar-refractivity contribution in [3.63, 3.8) is 0 Å². The normalized spacial score (nSPS) is 19.2. The quantitative estimate of drug-likeness (QED) is 0.829. The number of allylic oxidation sites excluding steroid dienone is 2. The molecule has 0 radical (unpaired) electrons. The second-order valence-electron chi connectivity index (χ2n) is 7.10. The first-order valence-corrected chi connectivity index (χ1v) is 8.98. The van der Waals surface area contributed by atoms with Crippen molar-refractivity contribution >= 4 is 22.3 Å². The van der Waals surface area contributed by atoms with Crippen molar-refractivity contribution < 1.29 is 19.1 Å². The van der Waals surface area contributed by atoms with Gasteiger partial charge in [0.05, 0.1) is 19.8 Å². The van der Waals surface area contributed by atoms with Crippen molar-refractivity contribution in [2.75, 3.05) is 14.2 Å². The predicted octanol–water partition coefficient (Wildman–Crippen LogP) is 4.28. The Morgan fingerprint density at radius 3 is 2.35 bits per heavy atom. The second kappa shape index (κ2) is 6.27. The largest absolute Gasteiger partial charge is 0.496 e. The van der Waals surface area contributed by atoms with Crippen LogP contribution in [0.3, 0.4) is 0 Å². The van der Waals surface area contributed by atoms with Crippen LogP contribution in [0.5, 0.6) is 11.5 Å². The van der Waals surface area contributed by atoms with E-state index in [0.717, 1.165) is 39.7 Å². The van der Waals surface area contributed by atoms with E-state index >= 15 is 0 Å². The Morgan fingerprint density at radius 2 is 1.73 bits per heavy atom. The number of methoxy groups -OCH3 is 2. The van der Waals surface area contributed by atoms with Crippen LogP contribution in [0.25, 0.3) is 10.8 Å². The molecule has 0 bridgehead atoms. The first-order valence-electron chi connectivity index (χ1n) is 8.98. The van der Waals surface area contributed by atoms with E-state index in [-0.39, 0.29) is 17.5 Å². The van der Waals surface area contributed by atoms with E-state index in [1.807, 2.05) is 24.3 Å². The van der Waals surface area contributed by atoms with E-state index in [1.54, 1.807) is 21.1 Å². The molecule has 0 saturated carbocycles. The van der Waals surface area contributed by atoms with Crippen LogP contribution >= 0.6 is 0 Å². The van der Waals surface area contributed by atoms with Gasteiger partial charge in [0.2, 0.25) is 0 Å². The van der Waals surface area contributed by atoms with Crippen LogP contribution in [0.4, 0.5) is 0 Å². The Balaban J connectivity index is 1.95. The highest BCUT2D eigenvalue weighted by atomic mass is 16.5. The summed E-state index contributed by atoms with van der Waals surface area (Å²) in [5.74, 6) is 1.63. The summed E-state index contributed by atoms with van der Waals surface area (Å²) in [4.78, 5) is 25.2. The van der Waals surface area contributed by atoms with Gasteiger partial charge in [-0.2, -0.15) is 0 Å². The third-order valence-electron chi connectivity index (χ3n) is 5.76. The maximum Gasteiger partial charge on any atom is 0.193 e. The molecule has 0 amide bonds. The van der Waals surface area contributed by atoms with Crippen LogP contribution in [-0.2, 0) is 11.2 Å². The lowest BCUT2D eigenvalue weighted by Gasteiger charge is -2.31. The molecule has 0 N–H and O–H groups in total. The van der Waals surface area contributed by atoms with Gasteiger partial charge in [-0.05, 0) is 38.2 Å². The van der Waals surface area contributed by atoms with Crippen LogP contribution in [0.15, 0.2) is 35.4 Å². The summed E-state index contributed by atoms with van der Waals surface area (Å²) in [5, 5.41) is 1.83. The van der Waals surface area contributed by atoms with Gasteiger partial charge in [0.15, 0.2) is 5.78 Å². The Labute approximate surface area is 152 Å². The monoisotopic (exact) mass is 350 g/mol. The standard InChI is InChI=1S/C22H22O4/c1-12(23)13-8-9-15-14(10-13)11-18-19(20(15)24)22(26-3)17-7-5-4-6-16(17)21(18)25-2/h4-7,13H,8-11H2,1-3H3. The molecule has 0 aliphatic heterocycles. The number of hydrogen-bond acceptors (Lipinski definition) is 4. The van der Waals surface area contributed by atoms with Gasteiger partial charge in [-0.1, -0.05) is 29.8 Å². The summed E-state index contributed by atoms with van der Waals surface area (Å²) >= 11 is 0. The number of ether oxygens (including phenoxy) is 2. The zero-order valence-electron chi connectivity index (χ0n) is 15.3. The SMILES string of the molecule is COc1c2c(c(OC)c3ccccc13)C(=O)C1=C(C2)CC(C(C)=O)CC1. The van der Waals surface area contributed by atoms with Gasteiger partial charge in [-0.15, -0.1) is 0 Å². The number of benzene rings is 2. The van der Waals surface area contributed by atoms with Crippen molar-refractivity contribution in [2.24, 2.45) is 5.92 Å². The Morgan fingerprint density at radius 1 is 1.08 bits per heavy atom. The number of Topliss-reactive ketones (excluding diaryl/α,β-unsaturated/α-hetero) is 2. The van der Waals surface area contributed by atoms with E-state index in [0.29, 0.717) is 30.6 Å². The van der Waals surface area contributed by atoms with E-state index in [9.17, 15) is 9.59 Å². The fourth-order valence-corrected chi connectivity index (χ4v) is 4.46. The molecule has 1 unspecified atom stereocenters. The maximum atomic E-state index is 13.3. The topological polar surface area (TPSA) is 52.6 Å². The molecule has 0 fully saturated rings. The maximum absolute atomic E-state index is 13.3. The molecule has 2 aliphatic rings. The first kappa shape index (κ1) is 16.8. The van der Waals surface area contributed by atoms with Gasteiger partial charge < -0.3 is 9.47 Å². The summed E-state index contributed by atoms with van der Waals surface area (Å²) in [5.41, 5.74) is 3.47. The number of rotatable bonds is 3. The number of hydrogen-bond donors (Lipinski definition) is 0. The second-order valence-corrected chi connectivity index (χ2v) is 7.10. The average Bonchev–Trinajstić information content (AvgIpc) is 2.66. The molecule has 26 heavy (non-hydrogen) atoms. The lowest BCUT2D eigenvalue weighted by Crippen LogP contribution is -2.26. The fraction of sp³-hybridized carbons (Fsp3) is 0.364. The van der Waals surface area contributed by atoms with Crippen molar-refractivity contribution in [1.29, 1.82) is 0 Å². The van der Waals surface area contributed by atoms with E-state index < -0.39 is 0 Å². The van der Waals surface area contributed by atoms with Crippen molar-refractivity contribution in [2.45, 2.75) is 32.6 Å². The smallest absolute Gasteiger partial charge is 0.193 e. The summed E-state index contributed by atoms with van der Waals surface area (Å²) in [6.07, 6.45) is 2.73. The third-order valence-corrected chi connectivity index (χ3v) is 5.76. The van der Waals surface area contributed by atoms with Gasteiger partial charge in [-0.25, -0.2) is 0 Å². The molecule has 2 aromatic rings. The molecule has 2 aromatic carbocycles. The van der Waals surface area contributed by atoms with Crippen molar-refractivity contribution in [3.8, 4) is 11.5 Å². The summed E-state index contributed by atoms with van der Waals surface area (Å²) in [6.45, 7) is 1.64. The van der Waals surface area contributed by atoms with E-state index in [4.69, 9.17) is 9.47 Å². The minimum absolute atomic E-state index is 0.0245.